The normalized spacial score (nSPS) is 16.0. The van der Waals surface area contributed by atoms with Crippen LogP contribution >= 0.6 is 27.3 Å². The van der Waals surface area contributed by atoms with Crippen molar-refractivity contribution < 1.29 is 8.42 Å². The highest BCUT2D eigenvalue weighted by Crippen LogP contribution is 2.29. The lowest BCUT2D eigenvalue weighted by molar-refractivity contribution is 0.434. The molecule has 0 spiro atoms. The predicted octanol–water partition coefficient (Wildman–Crippen LogP) is 2.96. The SMILES string of the molecule is O=c1ccc(N2CCCN(S(=O)(=O)c3ccc(Br)s3)CC2)nn1-c1ccccc1. The van der Waals surface area contributed by atoms with E-state index in [4.69, 9.17) is 0 Å². The van der Waals surface area contributed by atoms with Gasteiger partial charge < -0.3 is 4.90 Å². The molecule has 0 bridgehead atoms. The highest BCUT2D eigenvalue weighted by molar-refractivity contribution is 9.11. The molecule has 10 heteroatoms. The Labute approximate surface area is 181 Å². The van der Waals surface area contributed by atoms with Crippen LogP contribution in [-0.2, 0) is 10.0 Å². The number of hydrogen-bond donors (Lipinski definition) is 0. The summed E-state index contributed by atoms with van der Waals surface area (Å²) in [5.74, 6) is 0.659. The predicted molar refractivity (Wildman–Crippen MR) is 117 cm³/mol. The van der Waals surface area contributed by atoms with Gasteiger partial charge in [0, 0.05) is 32.2 Å². The summed E-state index contributed by atoms with van der Waals surface area (Å²) < 4.78 is 29.9. The van der Waals surface area contributed by atoms with Gasteiger partial charge in [0.25, 0.3) is 15.6 Å². The number of benzene rings is 1. The molecule has 1 fully saturated rings. The number of rotatable bonds is 4. The van der Waals surface area contributed by atoms with Crippen LogP contribution in [0.5, 0.6) is 0 Å². The zero-order chi connectivity index (χ0) is 20.4. The standard InChI is InChI=1S/C19H19BrN4O3S2/c20-16-7-10-19(28-16)29(26,27)23-12-4-11-22(13-14-23)17-8-9-18(25)24(21-17)15-5-2-1-3-6-15/h1-3,5-10H,4,11-14H2. The average molecular weight is 495 g/mol. The van der Waals surface area contributed by atoms with Crippen molar-refractivity contribution in [1.29, 1.82) is 0 Å². The molecule has 7 nitrogen and oxygen atoms in total. The van der Waals surface area contributed by atoms with E-state index in [-0.39, 0.29) is 5.56 Å². The topological polar surface area (TPSA) is 75.5 Å². The maximum Gasteiger partial charge on any atom is 0.271 e. The van der Waals surface area contributed by atoms with Crippen LogP contribution < -0.4 is 10.5 Å². The van der Waals surface area contributed by atoms with Crippen LogP contribution in [0.1, 0.15) is 6.42 Å². The molecule has 152 valence electrons. The molecule has 1 saturated heterocycles. The maximum atomic E-state index is 12.9. The van der Waals surface area contributed by atoms with Gasteiger partial charge in [-0.05, 0) is 52.7 Å². The summed E-state index contributed by atoms with van der Waals surface area (Å²) in [5, 5.41) is 4.51. The molecule has 2 aromatic heterocycles. The van der Waals surface area contributed by atoms with Crippen molar-refractivity contribution in [3.05, 3.63) is 68.7 Å². The first-order valence-corrected chi connectivity index (χ1v) is 12.2. The lowest BCUT2D eigenvalue weighted by Gasteiger charge is -2.22. The molecule has 0 N–H and O–H groups in total. The lowest BCUT2D eigenvalue weighted by atomic mass is 10.3. The quantitative estimate of drug-likeness (QED) is 0.557. The van der Waals surface area contributed by atoms with Crippen LogP contribution in [0, 0.1) is 0 Å². The van der Waals surface area contributed by atoms with Crippen molar-refractivity contribution in [1.82, 2.24) is 14.1 Å². The Morgan fingerprint density at radius 1 is 0.931 bits per heavy atom. The molecule has 1 aliphatic rings. The second-order valence-corrected chi connectivity index (χ2v) is 11.2. The summed E-state index contributed by atoms with van der Waals surface area (Å²) in [7, 11) is -3.51. The van der Waals surface area contributed by atoms with E-state index in [1.807, 2.05) is 35.2 Å². The van der Waals surface area contributed by atoms with Crippen LogP contribution in [0.3, 0.4) is 0 Å². The van der Waals surface area contributed by atoms with Gasteiger partial charge in [0.05, 0.1) is 9.47 Å². The Kier molecular flexibility index (Phi) is 5.86. The first kappa shape index (κ1) is 20.3. The molecule has 4 rings (SSSR count). The summed E-state index contributed by atoms with van der Waals surface area (Å²) in [6.45, 7) is 1.99. The number of sulfonamides is 1. The fraction of sp³-hybridized carbons (Fsp3) is 0.263. The zero-order valence-electron chi connectivity index (χ0n) is 15.4. The Morgan fingerprint density at radius 3 is 2.45 bits per heavy atom. The molecule has 0 atom stereocenters. The van der Waals surface area contributed by atoms with Crippen molar-refractivity contribution in [2.45, 2.75) is 10.6 Å². The molecule has 3 heterocycles. The van der Waals surface area contributed by atoms with E-state index >= 15 is 0 Å². The Hall–Kier alpha value is -2.01. The van der Waals surface area contributed by atoms with Gasteiger partial charge in [-0.2, -0.15) is 8.99 Å². The Balaban J connectivity index is 1.56. The molecule has 29 heavy (non-hydrogen) atoms. The number of thiophene rings is 1. The first-order valence-electron chi connectivity index (χ1n) is 9.11. The minimum Gasteiger partial charge on any atom is -0.354 e. The molecule has 0 unspecified atom stereocenters. The van der Waals surface area contributed by atoms with Crippen LogP contribution in [0.25, 0.3) is 5.69 Å². The van der Waals surface area contributed by atoms with Gasteiger partial charge in [-0.15, -0.1) is 16.4 Å². The molecule has 0 radical (unpaired) electrons. The summed E-state index contributed by atoms with van der Waals surface area (Å²) in [6, 6.07) is 15.8. The highest BCUT2D eigenvalue weighted by Gasteiger charge is 2.28. The van der Waals surface area contributed by atoms with Crippen molar-refractivity contribution in [2.24, 2.45) is 0 Å². The molecule has 1 aromatic carbocycles. The maximum absolute atomic E-state index is 12.9. The van der Waals surface area contributed by atoms with Crippen LogP contribution in [0.2, 0.25) is 0 Å². The third-order valence-electron chi connectivity index (χ3n) is 4.71. The van der Waals surface area contributed by atoms with E-state index < -0.39 is 10.0 Å². The third kappa shape index (κ3) is 4.30. The molecule has 0 aliphatic carbocycles. The van der Waals surface area contributed by atoms with Gasteiger partial charge in [-0.1, -0.05) is 18.2 Å². The minimum atomic E-state index is -3.51. The molecule has 0 amide bonds. The van der Waals surface area contributed by atoms with E-state index in [1.54, 1.807) is 18.2 Å². The summed E-state index contributed by atoms with van der Waals surface area (Å²) in [4.78, 5) is 14.3. The first-order chi connectivity index (χ1) is 13.9. The van der Waals surface area contributed by atoms with Crippen LogP contribution in [0.4, 0.5) is 5.82 Å². The van der Waals surface area contributed by atoms with E-state index in [9.17, 15) is 13.2 Å². The second-order valence-electron chi connectivity index (χ2n) is 6.58. The fourth-order valence-electron chi connectivity index (χ4n) is 3.25. The van der Waals surface area contributed by atoms with Crippen LogP contribution in [0.15, 0.2) is 67.4 Å². The summed E-state index contributed by atoms with van der Waals surface area (Å²) in [6.07, 6.45) is 0.678. The largest absolute Gasteiger partial charge is 0.354 e. The monoisotopic (exact) mass is 494 g/mol. The second kappa shape index (κ2) is 8.39. The fourth-order valence-corrected chi connectivity index (χ4v) is 6.89. The Bertz CT molecular complexity index is 1160. The van der Waals surface area contributed by atoms with Gasteiger partial charge in [-0.3, -0.25) is 4.79 Å². The molecular weight excluding hydrogens is 476 g/mol. The zero-order valence-corrected chi connectivity index (χ0v) is 18.7. The molecule has 0 saturated carbocycles. The molecular formula is C19H19BrN4O3S2. The highest BCUT2D eigenvalue weighted by atomic mass is 79.9. The van der Waals surface area contributed by atoms with Gasteiger partial charge in [0.1, 0.15) is 10.0 Å². The van der Waals surface area contributed by atoms with E-state index in [1.165, 1.54) is 26.4 Å². The van der Waals surface area contributed by atoms with Gasteiger partial charge >= 0.3 is 0 Å². The summed E-state index contributed by atoms with van der Waals surface area (Å²) in [5.41, 5.74) is 0.490. The number of anilines is 1. The third-order valence-corrected chi connectivity index (χ3v) is 8.70. The van der Waals surface area contributed by atoms with E-state index in [0.29, 0.717) is 48.3 Å². The number of halogens is 1. The molecule has 1 aliphatic heterocycles. The van der Waals surface area contributed by atoms with Crippen molar-refractivity contribution >= 4 is 43.1 Å². The van der Waals surface area contributed by atoms with Gasteiger partial charge in [0.15, 0.2) is 0 Å². The van der Waals surface area contributed by atoms with E-state index in [0.717, 1.165) is 3.79 Å². The number of para-hydroxylation sites is 1. The number of hydrogen-bond acceptors (Lipinski definition) is 6. The van der Waals surface area contributed by atoms with E-state index in [2.05, 4.69) is 21.0 Å². The lowest BCUT2D eigenvalue weighted by Crippen LogP contribution is -2.35. The smallest absolute Gasteiger partial charge is 0.271 e. The van der Waals surface area contributed by atoms with Crippen molar-refractivity contribution in [2.75, 3.05) is 31.1 Å². The minimum absolute atomic E-state index is 0.206. The summed E-state index contributed by atoms with van der Waals surface area (Å²) >= 11 is 4.54. The van der Waals surface area contributed by atoms with Crippen LogP contribution in [-0.4, -0.2) is 48.7 Å². The average Bonchev–Trinajstić information content (AvgIpc) is 3.01. The van der Waals surface area contributed by atoms with Crippen molar-refractivity contribution in [3.63, 3.8) is 0 Å². The Morgan fingerprint density at radius 2 is 1.72 bits per heavy atom. The van der Waals surface area contributed by atoms with Crippen molar-refractivity contribution in [3.8, 4) is 5.69 Å². The van der Waals surface area contributed by atoms with Gasteiger partial charge in [-0.25, -0.2) is 8.42 Å². The number of aromatic nitrogens is 2. The number of nitrogens with zero attached hydrogens (tertiary/aromatic N) is 4. The van der Waals surface area contributed by atoms with Gasteiger partial charge in [0.2, 0.25) is 0 Å². The molecule has 3 aromatic rings.